The van der Waals surface area contributed by atoms with Gasteiger partial charge in [0.15, 0.2) is 0 Å². The number of para-hydroxylation sites is 1. The average molecular weight is 345 g/mol. The van der Waals surface area contributed by atoms with Crippen LogP contribution in [0.25, 0.3) is 10.9 Å². The van der Waals surface area contributed by atoms with E-state index in [9.17, 15) is 4.79 Å². The van der Waals surface area contributed by atoms with Crippen molar-refractivity contribution in [3.05, 3.63) is 30.1 Å². The van der Waals surface area contributed by atoms with Gasteiger partial charge in [-0.15, -0.1) is 0 Å². The predicted octanol–water partition coefficient (Wildman–Crippen LogP) is 1.61. The normalized spacial score (nSPS) is 17.2. The number of amides is 1. The van der Waals surface area contributed by atoms with Gasteiger partial charge >= 0.3 is 0 Å². The second kappa shape index (κ2) is 7.36. The summed E-state index contributed by atoms with van der Waals surface area (Å²) in [6.07, 6.45) is 1.97. The average Bonchev–Trinajstić information content (AvgIpc) is 2.61. The van der Waals surface area contributed by atoms with Gasteiger partial charge in [-0.1, -0.05) is 12.1 Å². The molecular weight excluding hydrogens is 322 g/mol. The van der Waals surface area contributed by atoms with Crippen LogP contribution < -0.4 is 5.73 Å². The summed E-state index contributed by atoms with van der Waals surface area (Å²) < 4.78 is 0. The van der Waals surface area contributed by atoms with Gasteiger partial charge in [0.2, 0.25) is 5.91 Å². The van der Waals surface area contributed by atoms with E-state index in [-0.39, 0.29) is 11.2 Å². The molecule has 1 aromatic heterocycles. The summed E-state index contributed by atoms with van der Waals surface area (Å²) in [6, 6.07) is 7.78. The van der Waals surface area contributed by atoms with E-state index in [1.54, 1.807) is 11.8 Å². The Morgan fingerprint density at radius 3 is 2.67 bits per heavy atom. The maximum Gasteiger partial charge on any atom is 0.235 e. The van der Waals surface area contributed by atoms with Gasteiger partial charge in [0, 0.05) is 31.6 Å². The van der Waals surface area contributed by atoms with E-state index in [1.807, 2.05) is 42.3 Å². The van der Waals surface area contributed by atoms with E-state index >= 15 is 0 Å². The molecule has 1 atom stereocenters. The standard InChI is InChI=1S/C17H23N5OS/c1-12(24-2)17(23)22-9-7-21(8-10-22)11-15-19-14-6-4-3-5-13(14)16(18)20-15/h3-6,12H,7-11H2,1-2H3,(H2,18,19,20)/t12-/m1/s1. The fraction of sp³-hybridized carbons (Fsp3) is 0.471. The van der Waals surface area contributed by atoms with Crippen LogP contribution in [0, 0.1) is 0 Å². The van der Waals surface area contributed by atoms with Crippen LogP contribution in [0.15, 0.2) is 24.3 Å². The molecule has 1 amide bonds. The number of thioether (sulfide) groups is 1. The summed E-state index contributed by atoms with van der Waals surface area (Å²) in [5.74, 6) is 1.50. The summed E-state index contributed by atoms with van der Waals surface area (Å²) in [4.78, 5) is 25.5. The quantitative estimate of drug-likeness (QED) is 0.907. The molecule has 7 heteroatoms. The Morgan fingerprint density at radius 1 is 1.25 bits per heavy atom. The highest BCUT2D eigenvalue weighted by molar-refractivity contribution is 7.99. The Hall–Kier alpha value is -1.86. The van der Waals surface area contributed by atoms with Gasteiger partial charge in [0.1, 0.15) is 11.6 Å². The molecular formula is C17H23N5OS. The van der Waals surface area contributed by atoms with E-state index in [4.69, 9.17) is 5.73 Å². The Kier molecular flexibility index (Phi) is 5.20. The minimum Gasteiger partial charge on any atom is -0.383 e. The van der Waals surface area contributed by atoms with Crippen molar-refractivity contribution in [3.8, 4) is 0 Å². The van der Waals surface area contributed by atoms with Gasteiger partial charge in [-0.3, -0.25) is 9.69 Å². The smallest absolute Gasteiger partial charge is 0.235 e. The highest BCUT2D eigenvalue weighted by Crippen LogP contribution is 2.18. The molecule has 0 radical (unpaired) electrons. The molecule has 0 saturated carbocycles. The lowest BCUT2D eigenvalue weighted by molar-refractivity contribution is -0.132. The first kappa shape index (κ1) is 17.0. The van der Waals surface area contributed by atoms with E-state index in [1.165, 1.54) is 0 Å². The lowest BCUT2D eigenvalue weighted by atomic mass is 10.2. The Bertz CT molecular complexity index is 730. The zero-order valence-corrected chi connectivity index (χ0v) is 14.9. The topological polar surface area (TPSA) is 75.4 Å². The molecule has 1 saturated heterocycles. The molecule has 1 aliphatic heterocycles. The molecule has 24 heavy (non-hydrogen) atoms. The molecule has 1 aromatic carbocycles. The fourth-order valence-corrected chi connectivity index (χ4v) is 3.26. The van der Waals surface area contributed by atoms with Crippen molar-refractivity contribution in [2.45, 2.75) is 18.7 Å². The number of benzene rings is 1. The van der Waals surface area contributed by atoms with Crippen LogP contribution in [0.4, 0.5) is 5.82 Å². The van der Waals surface area contributed by atoms with E-state index in [2.05, 4.69) is 14.9 Å². The van der Waals surface area contributed by atoms with Gasteiger partial charge in [-0.05, 0) is 25.3 Å². The molecule has 128 valence electrons. The number of rotatable bonds is 4. The number of hydrogen-bond donors (Lipinski definition) is 1. The van der Waals surface area contributed by atoms with Crippen molar-refractivity contribution >= 4 is 34.4 Å². The van der Waals surface area contributed by atoms with Gasteiger partial charge in [0.05, 0.1) is 17.3 Å². The van der Waals surface area contributed by atoms with E-state index < -0.39 is 0 Å². The highest BCUT2D eigenvalue weighted by atomic mass is 32.2. The largest absolute Gasteiger partial charge is 0.383 e. The van der Waals surface area contributed by atoms with Crippen LogP contribution in [0.1, 0.15) is 12.7 Å². The number of aromatic nitrogens is 2. The lowest BCUT2D eigenvalue weighted by Gasteiger charge is -2.35. The lowest BCUT2D eigenvalue weighted by Crippen LogP contribution is -2.50. The highest BCUT2D eigenvalue weighted by Gasteiger charge is 2.24. The molecule has 2 heterocycles. The first-order chi connectivity index (χ1) is 11.6. The molecule has 2 N–H and O–H groups in total. The van der Waals surface area contributed by atoms with Crippen LogP contribution in [0.3, 0.4) is 0 Å². The molecule has 0 spiro atoms. The van der Waals surface area contributed by atoms with Crippen LogP contribution >= 0.6 is 11.8 Å². The van der Waals surface area contributed by atoms with Crippen LogP contribution in [0.5, 0.6) is 0 Å². The number of piperazine rings is 1. The third-order valence-corrected chi connectivity index (χ3v) is 5.34. The first-order valence-electron chi connectivity index (χ1n) is 8.13. The molecule has 1 aliphatic rings. The second-order valence-corrected chi connectivity index (χ2v) is 7.20. The molecule has 1 fully saturated rings. The summed E-state index contributed by atoms with van der Waals surface area (Å²) in [7, 11) is 0. The molecule has 3 rings (SSSR count). The van der Waals surface area contributed by atoms with Crippen LogP contribution in [-0.4, -0.2) is 63.4 Å². The van der Waals surface area contributed by atoms with Crippen molar-refractivity contribution < 1.29 is 4.79 Å². The SMILES string of the molecule is CS[C@H](C)C(=O)N1CCN(Cc2nc(N)c3ccccc3n2)CC1. The third-order valence-electron chi connectivity index (χ3n) is 4.43. The van der Waals surface area contributed by atoms with Crippen molar-refractivity contribution in [1.82, 2.24) is 19.8 Å². The van der Waals surface area contributed by atoms with Crippen LogP contribution in [0.2, 0.25) is 0 Å². The van der Waals surface area contributed by atoms with Gasteiger partial charge < -0.3 is 10.6 Å². The van der Waals surface area contributed by atoms with Crippen LogP contribution in [-0.2, 0) is 11.3 Å². The second-order valence-electron chi connectivity index (χ2n) is 6.02. The van der Waals surface area contributed by atoms with Crippen molar-refractivity contribution in [3.63, 3.8) is 0 Å². The zero-order chi connectivity index (χ0) is 17.1. The Labute approximate surface area is 146 Å². The number of fused-ring (bicyclic) bond motifs is 1. The molecule has 0 aliphatic carbocycles. The minimum atomic E-state index is 0.0279. The first-order valence-corrected chi connectivity index (χ1v) is 9.42. The third kappa shape index (κ3) is 3.62. The molecule has 0 unspecified atom stereocenters. The van der Waals surface area contributed by atoms with Gasteiger partial charge in [-0.2, -0.15) is 11.8 Å². The summed E-state index contributed by atoms with van der Waals surface area (Å²) >= 11 is 1.59. The number of carbonyl (C=O) groups is 1. The zero-order valence-electron chi connectivity index (χ0n) is 14.1. The summed E-state index contributed by atoms with van der Waals surface area (Å²) in [6.45, 7) is 5.81. The fourth-order valence-electron chi connectivity index (χ4n) is 2.91. The van der Waals surface area contributed by atoms with Crippen molar-refractivity contribution in [2.24, 2.45) is 0 Å². The molecule has 0 bridgehead atoms. The number of hydrogen-bond acceptors (Lipinski definition) is 6. The molecule has 6 nitrogen and oxygen atoms in total. The summed E-state index contributed by atoms with van der Waals surface area (Å²) in [5, 5.41) is 0.919. The van der Waals surface area contributed by atoms with Gasteiger partial charge in [0.25, 0.3) is 0 Å². The van der Waals surface area contributed by atoms with Crippen molar-refractivity contribution in [2.75, 3.05) is 38.2 Å². The predicted molar refractivity (Wildman–Crippen MR) is 98.8 cm³/mol. The van der Waals surface area contributed by atoms with E-state index in [0.717, 1.165) is 42.9 Å². The maximum absolute atomic E-state index is 12.2. The number of nitrogens with two attached hydrogens (primary N) is 1. The van der Waals surface area contributed by atoms with Crippen molar-refractivity contribution in [1.29, 1.82) is 0 Å². The maximum atomic E-state index is 12.2. The van der Waals surface area contributed by atoms with E-state index in [0.29, 0.717) is 12.4 Å². The van der Waals surface area contributed by atoms with Gasteiger partial charge in [-0.25, -0.2) is 9.97 Å². The summed E-state index contributed by atoms with van der Waals surface area (Å²) in [5.41, 5.74) is 6.93. The monoisotopic (exact) mass is 345 g/mol. The Morgan fingerprint density at radius 2 is 1.96 bits per heavy atom. The number of anilines is 1. The number of nitrogen functional groups attached to an aromatic ring is 1. The molecule has 2 aromatic rings. The number of carbonyl (C=O) groups excluding carboxylic acids is 1. The minimum absolute atomic E-state index is 0.0279. The Balaban J connectivity index is 1.63. The number of nitrogens with zero attached hydrogens (tertiary/aromatic N) is 4.